The third-order valence-electron chi connectivity index (χ3n) is 2.18. The van der Waals surface area contributed by atoms with Gasteiger partial charge in [-0.05, 0) is 34.6 Å². The molecule has 2 atom stereocenters. The highest BCUT2D eigenvalue weighted by molar-refractivity contribution is 5.73. The molecular weight excluding hydrogens is 222 g/mol. The molecule has 0 heterocycles. The first kappa shape index (κ1) is 15.9. The Morgan fingerprint density at radius 3 is 2.29 bits per heavy atom. The molecule has 0 aliphatic heterocycles. The van der Waals surface area contributed by atoms with E-state index in [1.165, 1.54) is 11.9 Å². The standard InChI is InChI=1S/C12H23NO4/c1-7-16-9(2)10(8-14)13(6)11(15)17-12(3,4)5/h8-10H,7H2,1-6H3. The molecule has 0 fully saturated rings. The number of ether oxygens (including phenoxy) is 2. The summed E-state index contributed by atoms with van der Waals surface area (Å²) >= 11 is 0. The van der Waals surface area contributed by atoms with Crippen LogP contribution in [0.3, 0.4) is 0 Å². The van der Waals surface area contributed by atoms with Gasteiger partial charge in [0.05, 0.1) is 6.10 Å². The van der Waals surface area contributed by atoms with Gasteiger partial charge in [-0.1, -0.05) is 0 Å². The zero-order chi connectivity index (χ0) is 13.6. The van der Waals surface area contributed by atoms with Crippen LogP contribution < -0.4 is 0 Å². The lowest BCUT2D eigenvalue weighted by Crippen LogP contribution is -2.47. The fraction of sp³-hybridized carbons (Fsp3) is 0.833. The van der Waals surface area contributed by atoms with Crippen molar-refractivity contribution in [2.45, 2.75) is 52.4 Å². The minimum Gasteiger partial charge on any atom is -0.444 e. The quantitative estimate of drug-likeness (QED) is 0.694. The number of likely N-dealkylation sites (N-methyl/N-ethyl adjacent to an activating group) is 1. The van der Waals surface area contributed by atoms with Crippen LogP contribution in [0.15, 0.2) is 0 Å². The molecule has 0 aromatic heterocycles. The Bertz CT molecular complexity index is 260. The molecular formula is C12H23NO4. The molecule has 0 saturated heterocycles. The number of rotatable bonds is 5. The summed E-state index contributed by atoms with van der Waals surface area (Å²) in [5.41, 5.74) is -0.576. The van der Waals surface area contributed by atoms with E-state index in [9.17, 15) is 9.59 Å². The Morgan fingerprint density at radius 2 is 1.94 bits per heavy atom. The van der Waals surface area contributed by atoms with Gasteiger partial charge in [0.15, 0.2) is 0 Å². The van der Waals surface area contributed by atoms with E-state index in [0.29, 0.717) is 12.9 Å². The van der Waals surface area contributed by atoms with Gasteiger partial charge in [-0.25, -0.2) is 4.79 Å². The van der Waals surface area contributed by atoms with E-state index < -0.39 is 17.7 Å². The maximum Gasteiger partial charge on any atom is 0.410 e. The Kier molecular flexibility index (Phi) is 6.16. The molecule has 0 aliphatic carbocycles. The number of amides is 1. The summed E-state index contributed by atoms with van der Waals surface area (Å²) in [7, 11) is 1.53. The molecule has 0 aliphatic rings. The average Bonchev–Trinajstić information content (AvgIpc) is 2.16. The van der Waals surface area contributed by atoms with Crippen molar-refractivity contribution in [3.05, 3.63) is 0 Å². The van der Waals surface area contributed by atoms with Crippen LogP contribution in [0.4, 0.5) is 4.79 Å². The van der Waals surface area contributed by atoms with Crippen LogP contribution in [0.25, 0.3) is 0 Å². The Hall–Kier alpha value is -1.10. The lowest BCUT2D eigenvalue weighted by molar-refractivity contribution is -0.116. The topological polar surface area (TPSA) is 55.8 Å². The molecule has 0 radical (unpaired) electrons. The summed E-state index contributed by atoms with van der Waals surface area (Å²) in [4.78, 5) is 24.0. The average molecular weight is 245 g/mol. The summed E-state index contributed by atoms with van der Waals surface area (Å²) in [6, 6.07) is -0.634. The highest BCUT2D eigenvalue weighted by Crippen LogP contribution is 2.12. The van der Waals surface area contributed by atoms with E-state index in [1.807, 2.05) is 6.92 Å². The zero-order valence-corrected chi connectivity index (χ0v) is 11.5. The number of nitrogens with zero attached hydrogens (tertiary/aromatic N) is 1. The van der Waals surface area contributed by atoms with Crippen molar-refractivity contribution in [1.29, 1.82) is 0 Å². The molecule has 17 heavy (non-hydrogen) atoms. The zero-order valence-electron chi connectivity index (χ0n) is 11.5. The summed E-state index contributed by atoms with van der Waals surface area (Å²) in [5, 5.41) is 0. The molecule has 0 saturated carbocycles. The van der Waals surface area contributed by atoms with Gasteiger partial charge in [0.1, 0.15) is 17.9 Å². The van der Waals surface area contributed by atoms with E-state index in [-0.39, 0.29) is 6.10 Å². The van der Waals surface area contributed by atoms with Crippen molar-refractivity contribution in [2.24, 2.45) is 0 Å². The molecule has 2 unspecified atom stereocenters. The van der Waals surface area contributed by atoms with E-state index in [1.54, 1.807) is 27.7 Å². The summed E-state index contributed by atoms with van der Waals surface area (Å²) < 4.78 is 10.5. The molecule has 5 nitrogen and oxygen atoms in total. The Morgan fingerprint density at radius 1 is 1.41 bits per heavy atom. The maximum atomic E-state index is 11.8. The predicted molar refractivity (Wildman–Crippen MR) is 64.9 cm³/mol. The summed E-state index contributed by atoms with van der Waals surface area (Å²) in [6.45, 7) is 9.42. The maximum absolute atomic E-state index is 11.8. The van der Waals surface area contributed by atoms with Crippen molar-refractivity contribution in [1.82, 2.24) is 4.90 Å². The van der Waals surface area contributed by atoms with Crippen LogP contribution in [-0.4, -0.2) is 48.7 Å². The van der Waals surface area contributed by atoms with Gasteiger partial charge in [-0.3, -0.25) is 4.90 Å². The van der Waals surface area contributed by atoms with E-state index >= 15 is 0 Å². The van der Waals surface area contributed by atoms with Crippen molar-refractivity contribution in [3.63, 3.8) is 0 Å². The van der Waals surface area contributed by atoms with Gasteiger partial charge in [0.25, 0.3) is 0 Å². The first-order valence-corrected chi connectivity index (χ1v) is 5.75. The largest absolute Gasteiger partial charge is 0.444 e. The van der Waals surface area contributed by atoms with Gasteiger partial charge in [-0.2, -0.15) is 0 Å². The van der Waals surface area contributed by atoms with Crippen LogP contribution in [0.2, 0.25) is 0 Å². The van der Waals surface area contributed by atoms with Gasteiger partial charge in [-0.15, -0.1) is 0 Å². The van der Waals surface area contributed by atoms with Crippen LogP contribution >= 0.6 is 0 Å². The van der Waals surface area contributed by atoms with Gasteiger partial charge in [0.2, 0.25) is 0 Å². The molecule has 5 heteroatoms. The second-order valence-corrected chi connectivity index (χ2v) is 4.88. The van der Waals surface area contributed by atoms with Crippen molar-refractivity contribution in [3.8, 4) is 0 Å². The lowest BCUT2D eigenvalue weighted by atomic mass is 10.2. The number of hydrogen-bond donors (Lipinski definition) is 0. The number of carbonyl (C=O) groups excluding carboxylic acids is 2. The van der Waals surface area contributed by atoms with E-state index in [2.05, 4.69) is 0 Å². The normalized spacial score (nSPS) is 14.9. The third-order valence-corrected chi connectivity index (χ3v) is 2.18. The number of hydrogen-bond acceptors (Lipinski definition) is 4. The van der Waals surface area contributed by atoms with E-state index in [4.69, 9.17) is 9.47 Å². The van der Waals surface area contributed by atoms with Gasteiger partial charge in [0, 0.05) is 13.7 Å². The second kappa shape index (κ2) is 6.59. The first-order chi connectivity index (χ1) is 7.72. The monoisotopic (exact) mass is 245 g/mol. The number of aldehydes is 1. The fourth-order valence-corrected chi connectivity index (χ4v) is 1.33. The lowest BCUT2D eigenvalue weighted by Gasteiger charge is -2.30. The van der Waals surface area contributed by atoms with Crippen LogP contribution in [0.5, 0.6) is 0 Å². The Labute approximate surface area is 103 Å². The minimum absolute atomic E-state index is 0.352. The molecule has 0 rings (SSSR count). The van der Waals surface area contributed by atoms with Crippen molar-refractivity contribution in [2.75, 3.05) is 13.7 Å². The SMILES string of the molecule is CCOC(C)C(C=O)N(C)C(=O)OC(C)(C)C. The van der Waals surface area contributed by atoms with Gasteiger partial charge < -0.3 is 14.3 Å². The van der Waals surface area contributed by atoms with Crippen LogP contribution in [0.1, 0.15) is 34.6 Å². The smallest absolute Gasteiger partial charge is 0.410 e. The summed E-state index contributed by atoms with van der Waals surface area (Å²) in [6.07, 6.45) is -0.180. The molecule has 0 aromatic carbocycles. The van der Waals surface area contributed by atoms with Crippen molar-refractivity contribution >= 4 is 12.4 Å². The van der Waals surface area contributed by atoms with Crippen molar-refractivity contribution < 1.29 is 19.1 Å². The molecule has 100 valence electrons. The highest BCUT2D eigenvalue weighted by atomic mass is 16.6. The third kappa shape index (κ3) is 5.68. The van der Waals surface area contributed by atoms with Crippen LogP contribution in [-0.2, 0) is 14.3 Å². The first-order valence-electron chi connectivity index (χ1n) is 5.75. The molecule has 0 N–H and O–H groups in total. The molecule has 1 amide bonds. The predicted octanol–water partition coefficient (Wildman–Crippen LogP) is 1.85. The molecule has 0 aromatic rings. The number of carbonyl (C=O) groups is 2. The Balaban J connectivity index is 4.58. The molecule has 0 bridgehead atoms. The van der Waals surface area contributed by atoms with E-state index in [0.717, 1.165) is 0 Å². The molecule has 0 spiro atoms. The fourth-order valence-electron chi connectivity index (χ4n) is 1.33. The van der Waals surface area contributed by atoms with Gasteiger partial charge >= 0.3 is 6.09 Å². The van der Waals surface area contributed by atoms with Crippen LogP contribution in [0, 0.1) is 0 Å². The highest BCUT2D eigenvalue weighted by Gasteiger charge is 2.28. The second-order valence-electron chi connectivity index (χ2n) is 4.88. The minimum atomic E-state index is -0.634. The summed E-state index contributed by atoms with van der Waals surface area (Å²) in [5.74, 6) is 0.